The molecule has 0 aromatic carbocycles. The number of hydrogen-bond acceptors (Lipinski definition) is 7. The minimum atomic E-state index is -0.491. The Morgan fingerprint density at radius 3 is 2.64 bits per heavy atom. The Morgan fingerprint density at radius 1 is 1.28 bits per heavy atom. The van der Waals surface area contributed by atoms with Crippen LogP contribution in [-0.4, -0.2) is 33.9 Å². The molecule has 2 aromatic heterocycles. The smallest absolute Gasteiger partial charge is 0.273 e. The molecule has 1 atom stereocenters. The van der Waals surface area contributed by atoms with Crippen molar-refractivity contribution in [2.24, 2.45) is 0 Å². The topological polar surface area (TPSA) is 126 Å². The fourth-order valence-corrected chi connectivity index (χ4v) is 2.46. The van der Waals surface area contributed by atoms with Gasteiger partial charge >= 0.3 is 0 Å². The lowest BCUT2D eigenvalue weighted by atomic mass is 10.2. The highest BCUT2D eigenvalue weighted by atomic mass is 32.2. The van der Waals surface area contributed by atoms with Crippen molar-refractivity contribution in [3.63, 3.8) is 0 Å². The molecule has 134 valence electrons. The molecule has 2 aromatic rings. The van der Waals surface area contributed by atoms with Crippen LogP contribution in [0.15, 0.2) is 27.3 Å². The fraction of sp³-hybridized carbons (Fsp3) is 0.333. The molecule has 10 heteroatoms. The van der Waals surface area contributed by atoms with Gasteiger partial charge in [0.2, 0.25) is 11.8 Å². The van der Waals surface area contributed by atoms with Gasteiger partial charge in [-0.05, 0) is 26.8 Å². The zero-order valence-electron chi connectivity index (χ0n) is 13.9. The number of thioether (sulfide) groups is 1. The van der Waals surface area contributed by atoms with Crippen LogP contribution in [0.4, 0.5) is 5.82 Å². The Kier molecular flexibility index (Phi) is 6.23. The maximum atomic E-state index is 12.0. The van der Waals surface area contributed by atoms with Crippen molar-refractivity contribution in [1.29, 1.82) is 0 Å². The number of aryl methyl sites for hydroxylation is 2. The lowest BCUT2D eigenvalue weighted by Gasteiger charge is -2.11. The molecule has 2 heterocycles. The van der Waals surface area contributed by atoms with Gasteiger partial charge in [0.25, 0.3) is 5.91 Å². The van der Waals surface area contributed by atoms with E-state index in [1.807, 2.05) is 0 Å². The Bertz CT molecular complexity index is 770. The maximum absolute atomic E-state index is 12.0. The van der Waals surface area contributed by atoms with Crippen molar-refractivity contribution in [3.05, 3.63) is 35.5 Å². The molecule has 9 nitrogen and oxygen atoms in total. The van der Waals surface area contributed by atoms with Crippen molar-refractivity contribution in [3.8, 4) is 0 Å². The van der Waals surface area contributed by atoms with Crippen molar-refractivity contribution in [1.82, 2.24) is 16.0 Å². The lowest BCUT2D eigenvalue weighted by Crippen LogP contribution is -2.43. The third kappa shape index (κ3) is 5.38. The summed E-state index contributed by atoms with van der Waals surface area (Å²) in [6.07, 6.45) is 1.39. The fourth-order valence-electron chi connectivity index (χ4n) is 1.78. The van der Waals surface area contributed by atoms with Crippen LogP contribution in [0.1, 0.15) is 28.8 Å². The molecule has 0 bridgehead atoms. The van der Waals surface area contributed by atoms with E-state index in [1.54, 1.807) is 26.8 Å². The average Bonchev–Trinajstić information content (AvgIpc) is 3.18. The van der Waals surface area contributed by atoms with Crippen LogP contribution in [0.5, 0.6) is 0 Å². The van der Waals surface area contributed by atoms with Crippen LogP contribution >= 0.6 is 11.8 Å². The van der Waals surface area contributed by atoms with Crippen molar-refractivity contribution < 1.29 is 23.3 Å². The largest absolute Gasteiger partial charge is 0.469 e. The second kappa shape index (κ2) is 8.38. The third-order valence-corrected chi connectivity index (χ3v) is 4.27. The maximum Gasteiger partial charge on any atom is 0.273 e. The molecule has 2 rings (SSSR count). The molecular weight excluding hydrogens is 348 g/mol. The number of nitrogens with one attached hydrogen (secondary N) is 3. The molecule has 0 aliphatic carbocycles. The van der Waals surface area contributed by atoms with Crippen LogP contribution in [0.2, 0.25) is 0 Å². The Morgan fingerprint density at radius 2 is 2.04 bits per heavy atom. The number of hydrogen-bond donors (Lipinski definition) is 3. The van der Waals surface area contributed by atoms with Crippen molar-refractivity contribution >= 4 is 35.3 Å². The minimum absolute atomic E-state index is 0.00290. The van der Waals surface area contributed by atoms with Crippen LogP contribution in [0.25, 0.3) is 0 Å². The van der Waals surface area contributed by atoms with Gasteiger partial charge in [-0.1, -0.05) is 5.16 Å². The second-order valence-electron chi connectivity index (χ2n) is 5.16. The number of rotatable bonds is 6. The summed E-state index contributed by atoms with van der Waals surface area (Å²) >= 11 is 1.12. The highest BCUT2D eigenvalue weighted by Crippen LogP contribution is 2.14. The van der Waals surface area contributed by atoms with Crippen LogP contribution in [0, 0.1) is 13.8 Å². The summed E-state index contributed by atoms with van der Waals surface area (Å²) < 4.78 is 9.87. The SMILES string of the molecule is Cc1cc(NC(=O)[C@H](C)SCC(=O)NNC(=O)c2ccoc2C)no1. The Balaban J connectivity index is 1.71. The van der Waals surface area contributed by atoms with Gasteiger partial charge < -0.3 is 14.3 Å². The first kappa shape index (κ1) is 18.6. The summed E-state index contributed by atoms with van der Waals surface area (Å²) in [5.41, 5.74) is 4.91. The van der Waals surface area contributed by atoms with Gasteiger partial charge in [0.05, 0.1) is 22.8 Å². The number of aromatic nitrogens is 1. The van der Waals surface area contributed by atoms with Gasteiger partial charge in [-0.3, -0.25) is 25.2 Å². The number of carbonyl (C=O) groups excluding carboxylic acids is 3. The van der Waals surface area contributed by atoms with Gasteiger partial charge in [0, 0.05) is 6.07 Å². The Labute approximate surface area is 147 Å². The predicted molar refractivity (Wildman–Crippen MR) is 90.8 cm³/mol. The average molecular weight is 366 g/mol. The van der Waals surface area contributed by atoms with Crippen LogP contribution < -0.4 is 16.2 Å². The van der Waals surface area contributed by atoms with E-state index in [9.17, 15) is 14.4 Å². The zero-order valence-corrected chi connectivity index (χ0v) is 14.7. The second-order valence-corrected chi connectivity index (χ2v) is 6.49. The van der Waals surface area contributed by atoms with Gasteiger partial charge in [-0.2, -0.15) is 0 Å². The van der Waals surface area contributed by atoms with Gasteiger partial charge in [0.1, 0.15) is 11.5 Å². The van der Waals surface area contributed by atoms with Crippen molar-refractivity contribution in [2.45, 2.75) is 26.0 Å². The zero-order chi connectivity index (χ0) is 18.4. The predicted octanol–water partition coefficient (Wildman–Crippen LogP) is 1.41. The number of carbonyl (C=O) groups is 3. The molecule has 3 amide bonds. The molecule has 0 saturated carbocycles. The number of anilines is 1. The van der Waals surface area contributed by atoms with E-state index in [1.165, 1.54) is 12.3 Å². The standard InChI is InChI=1S/C15H18N4O5S/c1-8-6-12(19-24-8)16-14(21)10(3)25-7-13(20)17-18-15(22)11-4-5-23-9(11)2/h4-6,10H,7H2,1-3H3,(H,17,20)(H,18,22)(H,16,19,21)/t10-/m0/s1. The molecule has 0 aliphatic rings. The van der Waals surface area contributed by atoms with Gasteiger partial charge in [-0.25, -0.2) is 0 Å². The van der Waals surface area contributed by atoms with E-state index >= 15 is 0 Å². The highest BCUT2D eigenvalue weighted by molar-refractivity contribution is 8.01. The Hall–Kier alpha value is -2.75. The first-order valence-corrected chi connectivity index (χ1v) is 8.40. The van der Waals surface area contributed by atoms with E-state index in [0.29, 0.717) is 22.9 Å². The first-order chi connectivity index (χ1) is 11.9. The van der Waals surface area contributed by atoms with E-state index in [2.05, 4.69) is 21.3 Å². The van der Waals surface area contributed by atoms with Crippen LogP contribution in [0.3, 0.4) is 0 Å². The highest BCUT2D eigenvalue weighted by Gasteiger charge is 2.17. The molecule has 0 aliphatic heterocycles. The van der Waals surface area contributed by atoms with Crippen molar-refractivity contribution in [2.75, 3.05) is 11.1 Å². The number of furan rings is 1. The summed E-state index contributed by atoms with van der Waals surface area (Å²) in [6, 6.07) is 3.10. The van der Waals surface area contributed by atoms with E-state index in [-0.39, 0.29) is 11.7 Å². The van der Waals surface area contributed by atoms with Crippen LogP contribution in [-0.2, 0) is 9.59 Å². The summed E-state index contributed by atoms with van der Waals surface area (Å²) in [6.45, 7) is 5.02. The van der Waals surface area contributed by atoms with E-state index < -0.39 is 17.1 Å². The van der Waals surface area contributed by atoms with E-state index in [4.69, 9.17) is 8.94 Å². The van der Waals surface area contributed by atoms with E-state index in [0.717, 1.165) is 11.8 Å². The molecule has 0 unspecified atom stereocenters. The third-order valence-electron chi connectivity index (χ3n) is 3.13. The van der Waals surface area contributed by atoms with Gasteiger partial charge in [0.15, 0.2) is 5.82 Å². The summed E-state index contributed by atoms with van der Waals surface area (Å²) in [7, 11) is 0. The molecule has 3 N–H and O–H groups in total. The summed E-state index contributed by atoms with van der Waals surface area (Å²) in [4.78, 5) is 35.5. The quantitative estimate of drug-likeness (QED) is 0.660. The molecule has 0 radical (unpaired) electrons. The minimum Gasteiger partial charge on any atom is -0.469 e. The molecule has 0 spiro atoms. The normalized spacial score (nSPS) is 11.6. The summed E-state index contributed by atoms with van der Waals surface area (Å²) in [5, 5.41) is 5.76. The molecular formula is C15H18N4O5S. The lowest BCUT2D eigenvalue weighted by molar-refractivity contribution is -0.119. The summed E-state index contributed by atoms with van der Waals surface area (Å²) in [5.74, 6) is 0.143. The number of amides is 3. The van der Waals surface area contributed by atoms with Gasteiger partial charge in [-0.15, -0.1) is 11.8 Å². The molecule has 0 saturated heterocycles. The first-order valence-electron chi connectivity index (χ1n) is 7.36. The number of nitrogens with zero attached hydrogens (tertiary/aromatic N) is 1. The number of hydrazine groups is 1. The molecule has 25 heavy (non-hydrogen) atoms. The monoisotopic (exact) mass is 366 g/mol. The molecule has 0 fully saturated rings.